The van der Waals surface area contributed by atoms with Crippen molar-refractivity contribution in [2.24, 2.45) is 5.73 Å². The molecule has 25 heavy (non-hydrogen) atoms. The summed E-state index contributed by atoms with van der Waals surface area (Å²) in [4.78, 5) is 26.6. The van der Waals surface area contributed by atoms with E-state index in [1.165, 1.54) is 0 Å². The molecule has 0 unspecified atom stereocenters. The smallest absolute Gasteiger partial charge is 0.225 e. The van der Waals surface area contributed by atoms with E-state index in [9.17, 15) is 4.79 Å². The molecule has 1 aliphatic heterocycles. The summed E-state index contributed by atoms with van der Waals surface area (Å²) in [6.45, 7) is 5.98. The molecule has 0 aliphatic carbocycles. The van der Waals surface area contributed by atoms with Gasteiger partial charge in [0.05, 0.1) is 18.8 Å². The van der Waals surface area contributed by atoms with Crippen molar-refractivity contribution in [3.8, 4) is 0 Å². The topological polar surface area (TPSA) is 94.2 Å². The lowest BCUT2D eigenvalue weighted by atomic mass is 10.1. The van der Waals surface area contributed by atoms with E-state index in [1.54, 1.807) is 6.20 Å². The molecule has 3 heterocycles. The van der Waals surface area contributed by atoms with Gasteiger partial charge < -0.3 is 15.4 Å². The summed E-state index contributed by atoms with van der Waals surface area (Å²) in [6, 6.07) is 5.89. The van der Waals surface area contributed by atoms with Crippen molar-refractivity contribution < 1.29 is 9.53 Å². The molecule has 0 radical (unpaired) electrons. The van der Waals surface area contributed by atoms with E-state index in [4.69, 9.17) is 10.5 Å². The number of anilines is 1. The van der Waals surface area contributed by atoms with Gasteiger partial charge in [-0.1, -0.05) is 6.07 Å². The molecule has 132 valence electrons. The van der Waals surface area contributed by atoms with Crippen molar-refractivity contribution in [2.75, 3.05) is 24.6 Å². The standard InChI is InChI=1S/C18H23N5O2/c1-12-9-13(2)22-18(21-12)23-7-8-25-16(11-23)15-5-3-14(10-20-15)4-6-17(19)24/h3,5,9-10,16H,4,6-8,11H2,1-2H3,(H2,19,24)/t16-/m0/s1. The third-order valence-electron chi connectivity index (χ3n) is 4.16. The van der Waals surface area contributed by atoms with Crippen LogP contribution in [0.4, 0.5) is 5.95 Å². The van der Waals surface area contributed by atoms with Crippen molar-refractivity contribution in [1.82, 2.24) is 15.0 Å². The third kappa shape index (κ3) is 4.51. The molecular weight excluding hydrogens is 318 g/mol. The summed E-state index contributed by atoms with van der Waals surface area (Å²) in [7, 11) is 0. The van der Waals surface area contributed by atoms with Gasteiger partial charge in [0.15, 0.2) is 0 Å². The molecule has 1 saturated heterocycles. The first-order valence-corrected chi connectivity index (χ1v) is 8.43. The summed E-state index contributed by atoms with van der Waals surface area (Å²) in [5, 5.41) is 0. The number of nitrogens with two attached hydrogens (primary N) is 1. The molecule has 2 aromatic heterocycles. The second-order valence-corrected chi connectivity index (χ2v) is 6.31. The summed E-state index contributed by atoms with van der Waals surface area (Å²) in [5.74, 6) is 0.438. The zero-order chi connectivity index (χ0) is 17.8. The Kier molecular flexibility index (Phi) is 5.23. The minimum atomic E-state index is -0.302. The van der Waals surface area contributed by atoms with Gasteiger partial charge in [-0.3, -0.25) is 9.78 Å². The lowest BCUT2D eigenvalue weighted by Gasteiger charge is -2.32. The van der Waals surface area contributed by atoms with Crippen molar-refractivity contribution in [3.05, 3.63) is 47.0 Å². The van der Waals surface area contributed by atoms with E-state index < -0.39 is 0 Å². The Morgan fingerprint density at radius 1 is 1.32 bits per heavy atom. The van der Waals surface area contributed by atoms with Crippen LogP contribution in [0.3, 0.4) is 0 Å². The van der Waals surface area contributed by atoms with Gasteiger partial charge in [0.25, 0.3) is 0 Å². The third-order valence-corrected chi connectivity index (χ3v) is 4.16. The number of nitrogens with zero attached hydrogens (tertiary/aromatic N) is 4. The number of aryl methyl sites for hydroxylation is 3. The fourth-order valence-electron chi connectivity index (χ4n) is 2.90. The predicted molar refractivity (Wildman–Crippen MR) is 94.2 cm³/mol. The van der Waals surface area contributed by atoms with Crippen LogP contribution in [0.5, 0.6) is 0 Å². The lowest BCUT2D eigenvalue weighted by molar-refractivity contribution is -0.117. The van der Waals surface area contributed by atoms with Crippen molar-refractivity contribution in [3.63, 3.8) is 0 Å². The van der Waals surface area contributed by atoms with Crippen LogP contribution in [0, 0.1) is 13.8 Å². The van der Waals surface area contributed by atoms with Gasteiger partial charge in [0.1, 0.15) is 6.10 Å². The van der Waals surface area contributed by atoms with Gasteiger partial charge in [-0.2, -0.15) is 0 Å². The number of hydrogen-bond donors (Lipinski definition) is 1. The van der Waals surface area contributed by atoms with Crippen molar-refractivity contribution in [1.29, 1.82) is 0 Å². The number of hydrogen-bond acceptors (Lipinski definition) is 6. The number of rotatable bonds is 5. The fraction of sp³-hybridized carbons (Fsp3) is 0.444. The maximum absolute atomic E-state index is 10.9. The number of aromatic nitrogens is 3. The number of pyridine rings is 1. The Bertz CT molecular complexity index is 727. The Hall–Kier alpha value is -2.54. The first kappa shape index (κ1) is 17.3. The number of carbonyl (C=O) groups excluding carboxylic acids is 1. The monoisotopic (exact) mass is 341 g/mol. The van der Waals surface area contributed by atoms with Crippen LogP contribution in [-0.4, -0.2) is 40.6 Å². The molecule has 1 fully saturated rings. The molecule has 2 aromatic rings. The average molecular weight is 341 g/mol. The van der Waals surface area contributed by atoms with E-state index >= 15 is 0 Å². The summed E-state index contributed by atoms with van der Waals surface area (Å²) in [5.41, 5.74) is 8.97. The highest BCUT2D eigenvalue weighted by atomic mass is 16.5. The molecule has 0 saturated carbocycles. The fourth-order valence-corrected chi connectivity index (χ4v) is 2.90. The summed E-state index contributed by atoms with van der Waals surface area (Å²) in [6.07, 6.45) is 2.60. The van der Waals surface area contributed by atoms with Crippen LogP contribution in [0.25, 0.3) is 0 Å². The first-order chi connectivity index (χ1) is 12.0. The average Bonchev–Trinajstić information content (AvgIpc) is 2.60. The van der Waals surface area contributed by atoms with E-state index in [-0.39, 0.29) is 12.0 Å². The maximum atomic E-state index is 10.9. The number of amides is 1. The van der Waals surface area contributed by atoms with Gasteiger partial charge in [-0.05, 0) is 38.0 Å². The second-order valence-electron chi connectivity index (χ2n) is 6.31. The highest BCUT2D eigenvalue weighted by Crippen LogP contribution is 2.23. The Morgan fingerprint density at radius 3 is 2.72 bits per heavy atom. The normalized spacial score (nSPS) is 17.5. The molecule has 0 bridgehead atoms. The Labute approximate surface area is 147 Å². The maximum Gasteiger partial charge on any atom is 0.225 e. The molecule has 0 spiro atoms. The highest BCUT2D eigenvalue weighted by Gasteiger charge is 2.25. The van der Waals surface area contributed by atoms with Crippen molar-refractivity contribution in [2.45, 2.75) is 32.8 Å². The van der Waals surface area contributed by atoms with Gasteiger partial charge in [-0.15, -0.1) is 0 Å². The second kappa shape index (κ2) is 7.57. The SMILES string of the molecule is Cc1cc(C)nc(N2CCO[C@H](c3ccc(CCC(N)=O)cn3)C2)n1. The highest BCUT2D eigenvalue weighted by molar-refractivity contribution is 5.73. The minimum Gasteiger partial charge on any atom is -0.370 e. The Morgan fingerprint density at radius 2 is 2.08 bits per heavy atom. The summed E-state index contributed by atoms with van der Waals surface area (Å²) < 4.78 is 5.88. The molecule has 1 amide bonds. The number of morpholine rings is 1. The van der Waals surface area contributed by atoms with E-state index in [2.05, 4.69) is 19.9 Å². The van der Waals surface area contributed by atoms with Crippen LogP contribution in [0.1, 0.15) is 35.2 Å². The minimum absolute atomic E-state index is 0.122. The number of primary amides is 1. The van der Waals surface area contributed by atoms with Crippen LogP contribution in [0.15, 0.2) is 24.4 Å². The first-order valence-electron chi connectivity index (χ1n) is 8.43. The van der Waals surface area contributed by atoms with E-state index in [1.807, 2.05) is 32.0 Å². The molecule has 0 aromatic carbocycles. The molecule has 1 aliphatic rings. The number of ether oxygens (including phenoxy) is 1. The van der Waals surface area contributed by atoms with Gasteiger partial charge in [0.2, 0.25) is 11.9 Å². The molecule has 2 N–H and O–H groups in total. The van der Waals surface area contributed by atoms with Crippen LogP contribution in [-0.2, 0) is 16.0 Å². The van der Waals surface area contributed by atoms with E-state index in [0.717, 1.165) is 35.1 Å². The molecular formula is C18H23N5O2. The molecule has 7 nitrogen and oxygen atoms in total. The number of carbonyl (C=O) groups is 1. The van der Waals surface area contributed by atoms with Crippen LogP contribution in [0.2, 0.25) is 0 Å². The van der Waals surface area contributed by atoms with Crippen molar-refractivity contribution >= 4 is 11.9 Å². The Balaban J connectivity index is 1.69. The van der Waals surface area contributed by atoms with E-state index in [0.29, 0.717) is 26.0 Å². The quantitative estimate of drug-likeness (QED) is 0.885. The summed E-state index contributed by atoms with van der Waals surface area (Å²) >= 11 is 0. The molecule has 7 heteroatoms. The zero-order valence-electron chi connectivity index (χ0n) is 14.6. The van der Waals surface area contributed by atoms with Crippen LogP contribution < -0.4 is 10.6 Å². The molecule has 1 atom stereocenters. The van der Waals surface area contributed by atoms with Crippen LogP contribution >= 0.6 is 0 Å². The van der Waals surface area contributed by atoms with Gasteiger partial charge in [0, 0.05) is 30.6 Å². The van der Waals surface area contributed by atoms with Gasteiger partial charge >= 0.3 is 0 Å². The van der Waals surface area contributed by atoms with Gasteiger partial charge in [-0.25, -0.2) is 9.97 Å². The molecule has 3 rings (SSSR count). The zero-order valence-corrected chi connectivity index (χ0v) is 14.6. The largest absolute Gasteiger partial charge is 0.370 e. The lowest BCUT2D eigenvalue weighted by Crippen LogP contribution is -2.39. The predicted octanol–water partition coefficient (Wildman–Crippen LogP) is 1.48.